The Morgan fingerprint density at radius 1 is 1.14 bits per heavy atom. The Hall–Kier alpha value is -2.40. The smallest absolute Gasteiger partial charge is 0.214 e. The molecule has 0 saturated heterocycles. The number of nitrogens with one attached hydrogen (secondary N) is 2. The molecule has 0 spiro atoms. The number of benzene rings is 2. The van der Waals surface area contributed by atoms with Crippen LogP contribution >= 0.6 is 12.2 Å². The second-order valence-corrected chi connectivity index (χ2v) is 5.26. The highest BCUT2D eigenvalue weighted by Crippen LogP contribution is 2.15. The van der Waals surface area contributed by atoms with Crippen LogP contribution in [0.5, 0.6) is 0 Å². The van der Waals surface area contributed by atoms with Crippen molar-refractivity contribution < 1.29 is 0 Å². The van der Waals surface area contributed by atoms with Crippen molar-refractivity contribution in [3.8, 4) is 11.4 Å². The fourth-order valence-corrected chi connectivity index (χ4v) is 2.41. The topological polar surface area (TPSA) is 45.6 Å². The van der Waals surface area contributed by atoms with E-state index in [0.29, 0.717) is 11.3 Å². The van der Waals surface area contributed by atoms with Crippen molar-refractivity contribution in [2.75, 3.05) is 5.43 Å². The van der Waals surface area contributed by atoms with Crippen molar-refractivity contribution in [2.24, 2.45) is 0 Å². The molecule has 0 aliphatic heterocycles. The van der Waals surface area contributed by atoms with Gasteiger partial charge in [0.1, 0.15) is 0 Å². The molecule has 1 aromatic heterocycles. The lowest BCUT2D eigenvalue weighted by molar-refractivity contribution is 0.831. The molecule has 5 heteroatoms. The molecule has 3 aromatic rings. The van der Waals surface area contributed by atoms with Crippen LogP contribution in [0.2, 0.25) is 0 Å². The molecule has 0 atom stereocenters. The van der Waals surface area contributed by atoms with Crippen LogP contribution in [0.1, 0.15) is 11.1 Å². The molecule has 4 nitrogen and oxygen atoms in total. The van der Waals surface area contributed by atoms with Gasteiger partial charge in [0.05, 0.1) is 6.54 Å². The number of H-pyrrole nitrogens is 1. The van der Waals surface area contributed by atoms with Crippen molar-refractivity contribution in [3.63, 3.8) is 0 Å². The average Bonchev–Trinajstić information content (AvgIpc) is 2.87. The normalized spacial score (nSPS) is 10.5. The molecule has 1 heterocycles. The Morgan fingerprint density at radius 3 is 2.71 bits per heavy atom. The van der Waals surface area contributed by atoms with Crippen molar-refractivity contribution in [3.05, 3.63) is 70.5 Å². The number of rotatable bonds is 4. The molecule has 0 aliphatic carbocycles. The first-order chi connectivity index (χ1) is 10.2. The van der Waals surface area contributed by atoms with Crippen LogP contribution in [0.25, 0.3) is 11.4 Å². The summed E-state index contributed by atoms with van der Waals surface area (Å²) in [5.41, 5.74) is 6.79. The molecule has 0 aliphatic rings. The largest absolute Gasteiger partial charge is 0.317 e. The molecular formula is C16H16N4S. The number of aromatic amines is 1. The van der Waals surface area contributed by atoms with E-state index in [1.54, 1.807) is 0 Å². The summed E-state index contributed by atoms with van der Waals surface area (Å²) >= 11 is 5.30. The lowest BCUT2D eigenvalue weighted by atomic mass is 10.1. The van der Waals surface area contributed by atoms with Crippen LogP contribution in [0, 0.1) is 11.7 Å². The molecule has 3 rings (SSSR count). The van der Waals surface area contributed by atoms with Crippen molar-refractivity contribution in [2.45, 2.75) is 13.5 Å². The fraction of sp³-hybridized carbons (Fsp3) is 0.125. The second-order valence-electron chi connectivity index (χ2n) is 4.88. The van der Waals surface area contributed by atoms with Crippen LogP contribution in [-0.4, -0.2) is 14.9 Å². The Balaban J connectivity index is 1.86. The van der Waals surface area contributed by atoms with Crippen molar-refractivity contribution in [1.82, 2.24) is 14.9 Å². The lowest BCUT2D eigenvalue weighted by Gasteiger charge is -2.10. The molecule has 2 aromatic carbocycles. The van der Waals surface area contributed by atoms with Crippen LogP contribution in [-0.2, 0) is 6.54 Å². The predicted molar refractivity (Wildman–Crippen MR) is 87.1 cm³/mol. The van der Waals surface area contributed by atoms with Gasteiger partial charge in [-0.1, -0.05) is 60.2 Å². The monoisotopic (exact) mass is 296 g/mol. The van der Waals surface area contributed by atoms with E-state index in [1.807, 2.05) is 35.0 Å². The molecule has 0 amide bonds. The Bertz CT molecular complexity index is 789. The van der Waals surface area contributed by atoms with Gasteiger partial charge in [-0.15, -0.1) is 0 Å². The highest BCUT2D eigenvalue weighted by Gasteiger charge is 2.07. The summed E-state index contributed by atoms with van der Waals surface area (Å²) in [5.74, 6) is 0.785. The summed E-state index contributed by atoms with van der Waals surface area (Å²) in [6.45, 7) is 2.78. The SMILES string of the molecule is Cc1cccc(CNn2c(-c3ccccc3)n[nH]c2=S)c1. The van der Waals surface area contributed by atoms with Gasteiger partial charge in [-0.3, -0.25) is 0 Å². The molecule has 0 radical (unpaired) electrons. The molecule has 21 heavy (non-hydrogen) atoms. The van der Waals surface area contributed by atoms with Gasteiger partial charge in [-0.05, 0) is 24.7 Å². The van der Waals surface area contributed by atoms with Crippen LogP contribution in [0.4, 0.5) is 0 Å². The van der Waals surface area contributed by atoms with E-state index in [-0.39, 0.29) is 0 Å². The number of hydrogen-bond donors (Lipinski definition) is 2. The quantitative estimate of drug-likeness (QED) is 0.722. The van der Waals surface area contributed by atoms with Crippen LogP contribution in [0.3, 0.4) is 0 Å². The number of aromatic nitrogens is 3. The standard InChI is InChI=1S/C16H16N4S/c1-12-6-5-7-13(10-12)11-17-20-15(18-19-16(20)21)14-8-3-2-4-9-14/h2-10,17H,11H2,1H3,(H,19,21). The minimum atomic E-state index is 0.557. The first-order valence-electron chi connectivity index (χ1n) is 6.76. The first-order valence-corrected chi connectivity index (χ1v) is 7.17. The Kier molecular flexibility index (Phi) is 3.83. The van der Waals surface area contributed by atoms with Gasteiger partial charge in [0, 0.05) is 5.56 Å². The Labute approximate surface area is 128 Å². The molecular weight excluding hydrogens is 280 g/mol. The summed E-state index contributed by atoms with van der Waals surface area (Å²) in [6.07, 6.45) is 0. The summed E-state index contributed by atoms with van der Waals surface area (Å²) in [5, 5.41) is 7.14. The molecule has 2 N–H and O–H groups in total. The van der Waals surface area contributed by atoms with E-state index < -0.39 is 0 Å². The van der Waals surface area contributed by atoms with E-state index in [9.17, 15) is 0 Å². The third-order valence-corrected chi connectivity index (χ3v) is 3.50. The third-order valence-electron chi connectivity index (χ3n) is 3.23. The summed E-state index contributed by atoms with van der Waals surface area (Å²) in [4.78, 5) is 0. The fourth-order valence-electron chi connectivity index (χ4n) is 2.22. The highest BCUT2D eigenvalue weighted by molar-refractivity contribution is 7.71. The second kappa shape index (κ2) is 5.93. The summed E-state index contributed by atoms with van der Waals surface area (Å²) < 4.78 is 2.37. The average molecular weight is 296 g/mol. The molecule has 0 fully saturated rings. The summed E-state index contributed by atoms with van der Waals surface area (Å²) in [6, 6.07) is 18.4. The molecule has 106 valence electrons. The number of hydrogen-bond acceptors (Lipinski definition) is 3. The Morgan fingerprint density at radius 2 is 1.95 bits per heavy atom. The van der Waals surface area contributed by atoms with E-state index in [4.69, 9.17) is 12.2 Å². The minimum Gasteiger partial charge on any atom is -0.317 e. The molecule has 0 bridgehead atoms. The van der Waals surface area contributed by atoms with Gasteiger partial charge in [0.25, 0.3) is 0 Å². The van der Waals surface area contributed by atoms with Gasteiger partial charge in [-0.2, -0.15) is 5.10 Å². The van der Waals surface area contributed by atoms with E-state index >= 15 is 0 Å². The maximum absolute atomic E-state index is 5.30. The van der Waals surface area contributed by atoms with E-state index in [0.717, 1.165) is 11.4 Å². The van der Waals surface area contributed by atoms with Gasteiger partial charge in [0.15, 0.2) is 5.82 Å². The third kappa shape index (κ3) is 3.03. The number of nitrogens with zero attached hydrogens (tertiary/aromatic N) is 2. The van der Waals surface area contributed by atoms with Crippen LogP contribution in [0.15, 0.2) is 54.6 Å². The van der Waals surface area contributed by atoms with E-state index in [1.165, 1.54) is 11.1 Å². The number of aryl methyl sites for hydroxylation is 1. The molecule has 0 unspecified atom stereocenters. The highest BCUT2D eigenvalue weighted by atomic mass is 32.1. The predicted octanol–water partition coefficient (Wildman–Crippen LogP) is 3.66. The molecule has 0 saturated carbocycles. The maximum atomic E-state index is 5.30. The van der Waals surface area contributed by atoms with Gasteiger partial charge < -0.3 is 5.43 Å². The maximum Gasteiger partial charge on any atom is 0.214 e. The van der Waals surface area contributed by atoms with Crippen molar-refractivity contribution in [1.29, 1.82) is 0 Å². The minimum absolute atomic E-state index is 0.557. The lowest BCUT2D eigenvalue weighted by Crippen LogP contribution is -2.15. The zero-order valence-electron chi connectivity index (χ0n) is 11.7. The zero-order valence-corrected chi connectivity index (χ0v) is 12.5. The van der Waals surface area contributed by atoms with Gasteiger partial charge in [-0.25, -0.2) is 9.77 Å². The van der Waals surface area contributed by atoms with Crippen molar-refractivity contribution >= 4 is 12.2 Å². The van der Waals surface area contributed by atoms with Crippen LogP contribution < -0.4 is 5.43 Å². The van der Waals surface area contributed by atoms with E-state index in [2.05, 4.69) is 46.8 Å². The first kappa shape index (κ1) is 13.6. The summed E-state index contributed by atoms with van der Waals surface area (Å²) in [7, 11) is 0. The zero-order chi connectivity index (χ0) is 14.7. The van der Waals surface area contributed by atoms with Gasteiger partial charge in [0.2, 0.25) is 4.77 Å². The van der Waals surface area contributed by atoms with Gasteiger partial charge >= 0.3 is 0 Å².